The van der Waals surface area contributed by atoms with Crippen LogP contribution in [0.1, 0.15) is 36.0 Å². The Morgan fingerprint density at radius 3 is 2.71 bits per heavy atom. The van der Waals surface area contributed by atoms with Crippen LogP contribution in [-0.2, 0) is 0 Å². The molecule has 1 saturated carbocycles. The van der Waals surface area contributed by atoms with E-state index in [1.165, 1.54) is 37.5 Å². The minimum atomic E-state index is -0.268. The fraction of sp³-hybridized carbons (Fsp3) is 0.462. The number of hydrogen-bond donors (Lipinski definition) is 3. The van der Waals surface area contributed by atoms with Gasteiger partial charge in [-0.1, -0.05) is 12.8 Å². The van der Waals surface area contributed by atoms with Crippen LogP contribution in [0.15, 0.2) is 18.2 Å². The summed E-state index contributed by atoms with van der Waals surface area (Å²) in [6, 6.07) is 4.07. The van der Waals surface area contributed by atoms with E-state index in [-0.39, 0.29) is 17.4 Å². The number of rotatable bonds is 5. The van der Waals surface area contributed by atoms with Gasteiger partial charge in [0.05, 0.1) is 0 Å². The van der Waals surface area contributed by atoms with Gasteiger partial charge in [-0.3, -0.25) is 4.79 Å². The molecule has 2 rings (SSSR count). The molecule has 3 N–H and O–H groups in total. The van der Waals surface area contributed by atoms with Crippen molar-refractivity contribution in [3.05, 3.63) is 23.8 Å². The fourth-order valence-corrected chi connectivity index (χ4v) is 1.77. The number of benzene rings is 1. The first-order chi connectivity index (χ1) is 8.16. The summed E-state index contributed by atoms with van der Waals surface area (Å²) >= 11 is 0. The van der Waals surface area contributed by atoms with Gasteiger partial charge in [-0.05, 0) is 37.0 Å². The van der Waals surface area contributed by atoms with E-state index in [2.05, 4.69) is 5.32 Å². The van der Waals surface area contributed by atoms with Crippen molar-refractivity contribution in [2.45, 2.75) is 25.7 Å². The lowest BCUT2D eigenvalue weighted by Gasteiger charge is -2.05. The van der Waals surface area contributed by atoms with Crippen LogP contribution in [0, 0.1) is 5.92 Å². The summed E-state index contributed by atoms with van der Waals surface area (Å²) in [6.45, 7) is 0.664. The molecule has 0 heterocycles. The minimum absolute atomic E-state index is 0.212. The van der Waals surface area contributed by atoms with Crippen molar-refractivity contribution in [2.24, 2.45) is 5.92 Å². The summed E-state index contributed by atoms with van der Waals surface area (Å²) in [6.07, 6.45) is 4.85. The Morgan fingerprint density at radius 2 is 2.06 bits per heavy atom. The van der Waals surface area contributed by atoms with Gasteiger partial charge in [0.25, 0.3) is 5.91 Å². The van der Waals surface area contributed by atoms with Crippen molar-refractivity contribution in [1.82, 2.24) is 5.32 Å². The minimum Gasteiger partial charge on any atom is -0.504 e. The van der Waals surface area contributed by atoms with Gasteiger partial charge in [0, 0.05) is 12.1 Å². The Hall–Kier alpha value is -1.71. The zero-order valence-corrected chi connectivity index (χ0v) is 9.65. The molecule has 0 aliphatic heterocycles. The molecule has 1 aliphatic rings. The Balaban J connectivity index is 1.79. The van der Waals surface area contributed by atoms with Gasteiger partial charge in [-0.25, -0.2) is 0 Å². The lowest BCUT2D eigenvalue weighted by atomic mass is 10.2. The summed E-state index contributed by atoms with van der Waals surface area (Å²) in [5, 5.41) is 21.2. The van der Waals surface area contributed by atoms with Gasteiger partial charge in [-0.15, -0.1) is 0 Å². The highest BCUT2D eigenvalue weighted by molar-refractivity contribution is 5.94. The molecule has 0 unspecified atom stereocenters. The number of nitrogens with one attached hydrogen (secondary N) is 1. The van der Waals surface area contributed by atoms with E-state index < -0.39 is 0 Å². The maximum atomic E-state index is 11.7. The van der Waals surface area contributed by atoms with E-state index >= 15 is 0 Å². The lowest BCUT2D eigenvalue weighted by Crippen LogP contribution is -2.24. The number of phenols is 2. The van der Waals surface area contributed by atoms with Gasteiger partial charge in [-0.2, -0.15) is 0 Å². The number of aromatic hydroxyl groups is 2. The molecule has 1 fully saturated rings. The average Bonchev–Trinajstić information content (AvgIpc) is 3.12. The molecule has 0 bridgehead atoms. The van der Waals surface area contributed by atoms with Crippen LogP contribution in [0.4, 0.5) is 0 Å². The van der Waals surface area contributed by atoms with E-state index in [1.54, 1.807) is 0 Å². The number of carbonyl (C=O) groups excluding carboxylic acids is 1. The Morgan fingerprint density at radius 1 is 1.29 bits per heavy atom. The Kier molecular flexibility index (Phi) is 3.52. The second-order valence-electron chi connectivity index (χ2n) is 4.54. The molecule has 4 nitrogen and oxygen atoms in total. The van der Waals surface area contributed by atoms with Crippen molar-refractivity contribution < 1.29 is 15.0 Å². The summed E-state index contributed by atoms with van der Waals surface area (Å²) in [7, 11) is 0. The monoisotopic (exact) mass is 235 g/mol. The molecular weight excluding hydrogens is 218 g/mol. The first-order valence-electron chi connectivity index (χ1n) is 5.97. The van der Waals surface area contributed by atoms with Crippen LogP contribution in [-0.4, -0.2) is 22.7 Å². The third-order valence-electron chi connectivity index (χ3n) is 3.01. The largest absolute Gasteiger partial charge is 0.504 e. The third kappa shape index (κ3) is 3.37. The maximum absolute atomic E-state index is 11.7. The van der Waals surface area contributed by atoms with E-state index in [4.69, 9.17) is 5.11 Å². The average molecular weight is 235 g/mol. The van der Waals surface area contributed by atoms with E-state index in [9.17, 15) is 9.90 Å². The topological polar surface area (TPSA) is 69.6 Å². The van der Waals surface area contributed by atoms with E-state index in [1.807, 2.05) is 0 Å². The molecule has 1 aromatic carbocycles. The normalized spacial score (nSPS) is 14.6. The Labute approximate surface area is 100 Å². The second kappa shape index (κ2) is 5.08. The van der Waals surface area contributed by atoms with Crippen LogP contribution < -0.4 is 5.32 Å². The molecule has 0 radical (unpaired) electrons. The van der Waals surface area contributed by atoms with E-state index in [0.29, 0.717) is 12.1 Å². The molecule has 1 aromatic rings. The van der Waals surface area contributed by atoms with Crippen molar-refractivity contribution in [1.29, 1.82) is 0 Å². The number of carbonyl (C=O) groups is 1. The quantitative estimate of drug-likeness (QED) is 0.540. The highest BCUT2D eigenvalue weighted by atomic mass is 16.3. The predicted molar refractivity (Wildman–Crippen MR) is 64.1 cm³/mol. The number of phenolic OH excluding ortho intramolecular Hbond substituents is 2. The number of amides is 1. The van der Waals surface area contributed by atoms with Gasteiger partial charge in [0.2, 0.25) is 0 Å². The molecule has 0 aromatic heterocycles. The molecule has 92 valence electrons. The van der Waals surface area contributed by atoms with Crippen LogP contribution in [0.25, 0.3) is 0 Å². The molecule has 0 atom stereocenters. The maximum Gasteiger partial charge on any atom is 0.251 e. The Bertz CT molecular complexity index is 413. The predicted octanol–water partition coefficient (Wildman–Crippen LogP) is 2.02. The molecule has 1 amide bonds. The molecule has 4 heteroatoms. The van der Waals surface area contributed by atoms with Gasteiger partial charge < -0.3 is 15.5 Å². The molecule has 0 saturated heterocycles. The van der Waals surface area contributed by atoms with Crippen LogP contribution in [0.2, 0.25) is 0 Å². The number of hydrogen-bond acceptors (Lipinski definition) is 3. The molecular formula is C13H17NO3. The first kappa shape index (κ1) is 11.8. The van der Waals surface area contributed by atoms with Crippen molar-refractivity contribution in [2.75, 3.05) is 6.54 Å². The van der Waals surface area contributed by atoms with Crippen LogP contribution >= 0.6 is 0 Å². The SMILES string of the molecule is O=C(NCCCC1CC1)c1ccc(O)c(O)c1. The van der Waals surface area contributed by atoms with Crippen molar-refractivity contribution >= 4 is 5.91 Å². The van der Waals surface area contributed by atoms with Gasteiger partial charge >= 0.3 is 0 Å². The summed E-state index contributed by atoms with van der Waals surface area (Å²) in [4.78, 5) is 11.7. The molecule has 17 heavy (non-hydrogen) atoms. The molecule has 0 spiro atoms. The standard InChI is InChI=1S/C13H17NO3/c15-11-6-5-10(8-12(11)16)13(17)14-7-1-2-9-3-4-9/h5-6,8-9,15-16H,1-4,7H2,(H,14,17). The third-order valence-corrected chi connectivity index (χ3v) is 3.01. The van der Waals surface area contributed by atoms with Crippen molar-refractivity contribution in [3.63, 3.8) is 0 Å². The van der Waals surface area contributed by atoms with Gasteiger partial charge in [0.1, 0.15) is 0 Å². The lowest BCUT2D eigenvalue weighted by molar-refractivity contribution is 0.0952. The summed E-state index contributed by atoms with van der Waals surface area (Å²) in [5.41, 5.74) is 0.367. The summed E-state index contributed by atoms with van der Waals surface area (Å²) < 4.78 is 0. The first-order valence-corrected chi connectivity index (χ1v) is 5.97. The highest BCUT2D eigenvalue weighted by Gasteiger charge is 2.20. The van der Waals surface area contributed by atoms with Crippen molar-refractivity contribution in [3.8, 4) is 11.5 Å². The van der Waals surface area contributed by atoms with E-state index in [0.717, 1.165) is 12.3 Å². The zero-order valence-electron chi connectivity index (χ0n) is 9.65. The van der Waals surface area contributed by atoms with Crippen LogP contribution in [0.3, 0.4) is 0 Å². The van der Waals surface area contributed by atoms with Crippen LogP contribution in [0.5, 0.6) is 11.5 Å². The molecule has 1 aliphatic carbocycles. The zero-order chi connectivity index (χ0) is 12.3. The highest BCUT2D eigenvalue weighted by Crippen LogP contribution is 2.33. The smallest absolute Gasteiger partial charge is 0.251 e. The summed E-state index contributed by atoms with van der Waals surface area (Å²) in [5.74, 6) is 0.187. The fourth-order valence-electron chi connectivity index (χ4n) is 1.77. The van der Waals surface area contributed by atoms with Gasteiger partial charge in [0.15, 0.2) is 11.5 Å². The second-order valence-corrected chi connectivity index (χ2v) is 4.54.